The molecule has 1 unspecified atom stereocenters. The number of rotatable bonds is 6. The van der Waals surface area contributed by atoms with Gasteiger partial charge in [0.1, 0.15) is 11.5 Å². The number of ketones is 1. The van der Waals surface area contributed by atoms with E-state index in [1.54, 1.807) is 11.0 Å². The Bertz CT molecular complexity index is 1530. The topological polar surface area (TPSA) is 82.6 Å². The normalized spacial score (nSPS) is 17.3. The predicted octanol–water partition coefficient (Wildman–Crippen LogP) is 5.83. The molecular weight excluding hydrogens is 472 g/mol. The van der Waals surface area contributed by atoms with Crippen LogP contribution in [0.1, 0.15) is 38.7 Å². The number of amides is 1. The number of fused-ring (bicyclic) bond motifs is 1. The maximum atomic E-state index is 13.4. The fourth-order valence-electron chi connectivity index (χ4n) is 5.17. The number of thiophene rings is 1. The number of carbonyl (C=O) groups excluding carboxylic acids is 2. The molecule has 184 valence electrons. The summed E-state index contributed by atoms with van der Waals surface area (Å²) in [5.41, 5.74) is 5.37. The number of aliphatic hydroxyl groups is 1. The maximum Gasteiger partial charge on any atom is 0.295 e. The third-order valence-electron chi connectivity index (χ3n) is 6.87. The van der Waals surface area contributed by atoms with E-state index in [9.17, 15) is 14.7 Å². The largest absolute Gasteiger partial charge is 0.507 e. The first-order valence-electron chi connectivity index (χ1n) is 11.8. The molecule has 36 heavy (non-hydrogen) atoms. The SMILES string of the molecule is COc1c(C)cc(C)cc1/C(O)=C1/C(=O)C(=O)N(CCc2c[nH]c3ccccc23)C1c1sccc1C. The molecule has 5 rings (SSSR count). The number of aliphatic hydroxyl groups excluding tert-OH is 1. The van der Waals surface area contributed by atoms with Gasteiger partial charge in [0.05, 0.1) is 24.3 Å². The highest BCUT2D eigenvalue weighted by molar-refractivity contribution is 7.10. The predicted molar refractivity (Wildman–Crippen MR) is 143 cm³/mol. The molecule has 1 atom stereocenters. The minimum absolute atomic E-state index is 0.104. The third kappa shape index (κ3) is 3.89. The van der Waals surface area contributed by atoms with Crippen molar-refractivity contribution in [3.05, 3.63) is 92.3 Å². The Morgan fingerprint density at radius 1 is 1.11 bits per heavy atom. The summed E-state index contributed by atoms with van der Waals surface area (Å²) in [6.07, 6.45) is 2.53. The molecular formula is C29H28N2O4S. The second-order valence-electron chi connectivity index (χ2n) is 9.23. The van der Waals surface area contributed by atoms with Gasteiger partial charge in [0.25, 0.3) is 11.7 Å². The second kappa shape index (κ2) is 9.32. The lowest BCUT2D eigenvalue weighted by Gasteiger charge is -2.25. The van der Waals surface area contributed by atoms with Gasteiger partial charge in [-0.05, 0) is 73.0 Å². The van der Waals surface area contributed by atoms with Crippen molar-refractivity contribution in [2.45, 2.75) is 33.2 Å². The van der Waals surface area contributed by atoms with Crippen LogP contribution >= 0.6 is 11.3 Å². The van der Waals surface area contributed by atoms with Crippen molar-refractivity contribution in [3.63, 3.8) is 0 Å². The van der Waals surface area contributed by atoms with E-state index in [0.29, 0.717) is 24.3 Å². The summed E-state index contributed by atoms with van der Waals surface area (Å²) < 4.78 is 5.58. The minimum Gasteiger partial charge on any atom is -0.507 e. The molecule has 7 heteroatoms. The van der Waals surface area contributed by atoms with Gasteiger partial charge >= 0.3 is 0 Å². The lowest BCUT2D eigenvalue weighted by atomic mass is 9.95. The Kier molecular flexibility index (Phi) is 6.18. The molecule has 0 bridgehead atoms. The molecule has 4 aromatic rings. The number of nitrogens with zero attached hydrogens (tertiary/aromatic N) is 1. The minimum atomic E-state index is -0.676. The monoisotopic (exact) mass is 500 g/mol. The number of likely N-dealkylation sites (tertiary alicyclic amines) is 1. The molecule has 0 aliphatic carbocycles. The van der Waals surface area contributed by atoms with Crippen molar-refractivity contribution in [1.29, 1.82) is 0 Å². The van der Waals surface area contributed by atoms with E-state index in [2.05, 4.69) is 4.98 Å². The first-order chi connectivity index (χ1) is 17.3. The van der Waals surface area contributed by atoms with Crippen LogP contribution in [-0.4, -0.2) is 40.3 Å². The number of hydrogen-bond donors (Lipinski definition) is 2. The van der Waals surface area contributed by atoms with Gasteiger partial charge in [-0.1, -0.05) is 24.3 Å². The molecule has 6 nitrogen and oxygen atoms in total. The fourth-order valence-corrected chi connectivity index (χ4v) is 6.22. The fraction of sp³-hybridized carbons (Fsp3) is 0.241. The number of aromatic nitrogens is 1. The first-order valence-corrected chi connectivity index (χ1v) is 12.7. The van der Waals surface area contributed by atoms with Gasteiger partial charge in [0, 0.05) is 28.5 Å². The van der Waals surface area contributed by atoms with Crippen LogP contribution in [0.25, 0.3) is 16.7 Å². The molecule has 1 aliphatic heterocycles. The summed E-state index contributed by atoms with van der Waals surface area (Å²) in [6.45, 7) is 6.12. The summed E-state index contributed by atoms with van der Waals surface area (Å²) in [5, 5.41) is 14.6. The first kappa shape index (κ1) is 23.9. The second-order valence-corrected chi connectivity index (χ2v) is 10.2. The highest BCUT2D eigenvalue weighted by Crippen LogP contribution is 2.44. The summed E-state index contributed by atoms with van der Waals surface area (Å²) in [4.78, 5) is 32.6. The molecule has 1 saturated heterocycles. The van der Waals surface area contributed by atoms with Gasteiger partial charge in [-0.15, -0.1) is 11.3 Å². The number of carbonyl (C=O) groups is 2. The molecule has 2 N–H and O–H groups in total. The van der Waals surface area contributed by atoms with Crippen LogP contribution in [0.4, 0.5) is 0 Å². The van der Waals surface area contributed by atoms with Crippen molar-refractivity contribution in [3.8, 4) is 5.75 Å². The van der Waals surface area contributed by atoms with Gasteiger partial charge in [-0.25, -0.2) is 0 Å². The number of benzene rings is 2. The number of hydrogen-bond acceptors (Lipinski definition) is 5. The van der Waals surface area contributed by atoms with Gasteiger partial charge < -0.3 is 19.7 Å². The number of methoxy groups -OCH3 is 1. The molecule has 1 fully saturated rings. The van der Waals surface area contributed by atoms with Crippen molar-refractivity contribution in [2.75, 3.05) is 13.7 Å². The number of nitrogens with one attached hydrogen (secondary N) is 1. The smallest absolute Gasteiger partial charge is 0.295 e. The van der Waals surface area contributed by atoms with Gasteiger partial charge in [-0.3, -0.25) is 9.59 Å². The molecule has 2 aromatic carbocycles. The summed E-state index contributed by atoms with van der Waals surface area (Å²) in [5.74, 6) is -0.989. The molecule has 1 aliphatic rings. The van der Waals surface area contributed by atoms with Crippen LogP contribution in [-0.2, 0) is 16.0 Å². The van der Waals surface area contributed by atoms with E-state index in [1.165, 1.54) is 18.4 Å². The van der Waals surface area contributed by atoms with E-state index >= 15 is 0 Å². The molecule has 3 heterocycles. The van der Waals surface area contributed by atoms with E-state index in [0.717, 1.165) is 38.0 Å². The number of para-hydroxylation sites is 1. The number of H-pyrrole nitrogens is 1. The average molecular weight is 501 g/mol. The van der Waals surface area contributed by atoms with Crippen molar-refractivity contribution < 1.29 is 19.4 Å². The lowest BCUT2D eigenvalue weighted by molar-refractivity contribution is -0.139. The van der Waals surface area contributed by atoms with E-state index in [4.69, 9.17) is 4.74 Å². The Morgan fingerprint density at radius 3 is 2.61 bits per heavy atom. The highest BCUT2D eigenvalue weighted by Gasteiger charge is 2.47. The van der Waals surface area contributed by atoms with E-state index < -0.39 is 17.7 Å². The van der Waals surface area contributed by atoms with Crippen molar-refractivity contribution in [2.24, 2.45) is 0 Å². The average Bonchev–Trinajstić information content (AvgIpc) is 3.53. The molecule has 1 amide bonds. The molecule has 0 radical (unpaired) electrons. The van der Waals surface area contributed by atoms with Crippen LogP contribution in [0.3, 0.4) is 0 Å². The van der Waals surface area contributed by atoms with Crippen molar-refractivity contribution in [1.82, 2.24) is 9.88 Å². The van der Waals surface area contributed by atoms with Gasteiger partial charge in [0.15, 0.2) is 0 Å². The van der Waals surface area contributed by atoms with Crippen LogP contribution in [0.2, 0.25) is 0 Å². The Hall–Kier alpha value is -3.84. The van der Waals surface area contributed by atoms with Crippen LogP contribution in [0, 0.1) is 20.8 Å². The Morgan fingerprint density at radius 2 is 1.89 bits per heavy atom. The van der Waals surface area contributed by atoms with Crippen LogP contribution < -0.4 is 4.74 Å². The Balaban J connectivity index is 1.61. The quantitative estimate of drug-likeness (QED) is 0.198. The third-order valence-corrected chi connectivity index (χ3v) is 7.94. The van der Waals surface area contributed by atoms with Crippen LogP contribution in [0.5, 0.6) is 5.75 Å². The van der Waals surface area contributed by atoms with Gasteiger partial charge in [0.2, 0.25) is 0 Å². The molecule has 2 aromatic heterocycles. The summed E-state index contributed by atoms with van der Waals surface area (Å²) in [6, 6.07) is 13.1. The molecule has 0 spiro atoms. The number of aryl methyl sites for hydroxylation is 3. The lowest BCUT2D eigenvalue weighted by Crippen LogP contribution is -2.31. The van der Waals surface area contributed by atoms with Crippen molar-refractivity contribution >= 4 is 39.7 Å². The number of ether oxygens (including phenoxy) is 1. The molecule has 0 saturated carbocycles. The summed E-state index contributed by atoms with van der Waals surface area (Å²) >= 11 is 1.48. The zero-order chi connectivity index (χ0) is 25.6. The zero-order valence-electron chi connectivity index (χ0n) is 20.7. The van der Waals surface area contributed by atoms with E-state index in [1.807, 2.05) is 68.7 Å². The van der Waals surface area contributed by atoms with Gasteiger partial charge in [-0.2, -0.15) is 0 Å². The number of aromatic amines is 1. The maximum absolute atomic E-state index is 13.4. The zero-order valence-corrected chi connectivity index (χ0v) is 21.5. The highest BCUT2D eigenvalue weighted by atomic mass is 32.1. The van der Waals surface area contributed by atoms with Crippen LogP contribution in [0.15, 0.2) is 59.6 Å². The standard InChI is InChI=1S/C29H28N2O4S/c1-16-13-18(3)27(35-4)21(14-16)25(32)23-24(28-17(2)10-12-36-28)31(29(34)26(23)33)11-9-19-15-30-22-8-6-5-7-20(19)22/h5-8,10,12-15,24,30,32H,9,11H2,1-4H3/b25-23-. The van der Waals surface area contributed by atoms with E-state index in [-0.39, 0.29) is 11.3 Å². The Labute approximate surface area is 213 Å². The summed E-state index contributed by atoms with van der Waals surface area (Å²) in [7, 11) is 1.54. The number of Topliss-reactive ketones (excluding diaryl/α,β-unsaturated/α-hetero) is 1.